The molecular weight excluding hydrogens is 613 g/mol. The predicted molar refractivity (Wildman–Crippen MR) is 203 cm³/mol. The van der Waals surface area contributed by atoms with Crippen molar-refractivity contribution in [2.45, 2.75) is 5.41 Å². The Morgan fingerprint density at radius 2 is 0.939 bits per heavy atom. The lowest BCUT2D eigenvalue weighted by atomic mass is 9.69. The van der Waals surface area contributed by atoms with Gasteiger partial charge in [-0.05, 0) is 51.1 Å². The second-order valence-electron chi connectivity index (χ2n) is 12.9. The normalized spacial score (nSPS) is 13.6. The molecular formula is C46H30NOP. The van der Waals surface area contributed by atoms with Gasteiger partial charge >= 0.3 is 0 Å². The Labute approximate surface area is 285 Å². The van der Waals surface area contributed by atoms with Gasteiger partial charge < -0.3 is 4.57 Å². The lowest BCUT2D eigenvalue weighted by molar-refractivity contribution is 0.592. The molecule has 0 unspecified atom stereocenters. The van der Waals surface area contributed by atoms with Crippen LogP contribution in [0.3, 0.4) is 0 Å². The van der Waals surface area contributed by atoms with Crippen LogP contribution in [-0.4, -0.2) is 4.98 Å². The van der Waals surface area contributed by atoms with Gasteiger partial charge in [0, 0.05) is 32.4 Å². The molecule has 2 aliphatic carbocycles. The van der Waals surface area contributed by atoms with Crippen LogP contribution in [0.5, 0.6) is 0 Å². The molecule has 7 aromatic carbocycles. The average molecular weight is 644 g/mol. The molecule has 2 nitrogen and oxygen atoms in total. The van der Waals surface area contributed by atoms with Gasteiger partial charge in [0.05, 0.1) is 16.6 Å². The van der Waals surface area contributed by atoms with Crippen LogP contribution in [0.15, 0.2) is 182 Å². The van der Waals surface area contributed by atoms with Crippen molar-refractivity contribution in [2.24, 2.45) is 0 Å². The van der Waals surface area contributed by atoms with Crippen LogP contribution in [-0.2, 0) is 9.98 Å². The van der Waals surface area contributed by atoms with Gasteiger partial charge in [0.15, 0.2) is 7.14 Å². The number of nitrogens with zero attached hydrogens (tertiary/aromatic N) is 1. The molecule has 0 fully saturated rings. The van der Waals surface area contributed by atoms with Crippen LogP contribution in [0.25, 0.3) is 44.4 Å². The molecule has 10 rings (SSSR count). The molecule has 0 saturated heterocycles. The van der Waals surface area contributed by atoms with Gasteiger partial charge in [-0.3, -0.25) is 0 Å². The molecule has 0 aliphatic heterocycles. The smallest absolute Gasteiger partial charge is 0.171 e. The number of fused-ring (bicyclic) bond motifs is 12. The Morgan fingerprint density at radius 3 is 1.57 bits per heavy atom. The quantitative estimate of drug-likeness (QED) is 0.179. The minimum atomic E-state index is -3.20. The van der Waals surface area contributed by atoms with Crippen LogP contribution in [0.4, 0.5) is 0 Å². The van der Waals surface area contributed by atoms with E-state index in [1.165, 1.54) is 38.9 Å². The second-order valence-corrected chi connectivity index (χ2v) is 15.7. The zero-order valence-electron chi connectivity index (χ0n) is 26.6. The highest BCUT2D eigenvalue weighted by molar-refractivity contribution is 7.85. The van der Waals surface area contributed by atoms with E-state index in [2.05, 4.69) is 109 Å². The van der Waals surface area contributed by atoms with Crippen LogP contribution < -0.4 is 15.9 Å². The van der Waals surface area contributed by atoms with E-state index >= 15 is 4.57 Å². The maximum Gasteiger partial charge on any atom is 0.171 e. The van der Waals surface area contributed by atoms with E-state index < -0.39 is 12.6 Å². The maximum absolute atomic E-state index is 15.5. The van der Waals surface area contributed by atoms with E-state index in [0.29, 0.717) is 0 Å². The molecule has 0 radical (unpaired) electrons. The molecule has 0 saturated carbocycles. The van der Waals surface area contributed by atoms with E-state index in [1.54, 1.807) is 0 Å². The molecule has 0 bridgehead atoms. The zero-order valence-corrected chi connectivity index (χ0v) is 27.5. The first-order chi connectivity index (χ1) is 24.2. The van der Waals surface area contributed by atoms with Crippen molar-refractivity contribution in [1.29, 1.82) is 0 Å². The Hall–Kier alpha value is -5.82. The van der Waals surface area contributed by atoms with Crippen molar-refractivity contribution >= 4 is 34.0 Å². The molecule has 1 spiro atoms. The summed E-state index contributed by atoms with van der Waals surface area (Å²) in [6, 6.07) is 63.4. The Kier molecular flexibility index (Phi) is 6.10. The number of rotatable bonds is 4. The zero-order chi connectivity index (χ0) is 32.6. The van der Waals surface area contributed by atoms with Crippen molar-refractivity contribution < 1.29 is 4.57 Å². The minimum Gasteiger partial charge on any atom is -0.309 e. The molecule has 0 atom stereocenters. The molecule has 1 heterocycles. The summed E-state index contributed by atoms with van der Waals surface area (Å²) in [4.78, 5) is 5.46. The highest BCUT2D eigenvalue weighted by Crippen LogP contribution is 2.65. The first-order valence-corrected chi connectivity index (χ1v) is 18.5. The largest absolute Gasteiger partial charge is 0.309 e. The Morgan fingerprint density at radius 1 is 0.449 bits per heavy atom. The number of hydrogen-bond donors (Lipinski definition) is 0. The highest BCUT2D eigenvalue weighted by atomic mass is 31.2. The van der Waals surface area contributed by atoms with Crippen LogP contribution in [0.1, 0.15) is 22.3 Å². The number of para-hydroxylation sites is 1. The Balaban J connectivity index is 1.32. The van der Waals surface area contributed by atoms with Gasteiger partial charge in [-0.2, -0.15) is 0 Å². The SMILES string of the molecule is O=P(c1ccccc1)(c1ccccc1)c1cccc(-c2nc3ccccc3c3c2-c2ccccc2C32c3ccccc3-c3ccccc32)c1. The van der Waals surface area contributed by atoms with E-state index in [9.17, 15) is 0 Å². The second kappa shape index (κ2) is 10.6. The van der Waals surface area contributed by atoms with Crippen LogP contribution in [0.2, 0.25) is 0 Å². The third-order valence-corrected chi connectivity index (χ3v) is 13.6. The summed E-state index contributed by atoms with van der Waals surface area (Å²) in [6.07, 6.45) is 0. The topological polar surface area (TPSA) is 30.0 Å². The third kappa shape index (κ3) is 3.78. The number of pyridine rings is 1. The molecule has 49 heavy (non-hydrogen) atoms. The summed E-state index contributed by atoms with van der Waals surface area (Å²) < 4.78 is 15.5. The van der Waals surface area contributed by atoms with E-state index in [-0.39, 0.29) is 0 Å². The van der Waals surface area contributed by atoms with Crippen molar-refractivity contribution in [1.82, 2.24) is 4.98 Å². The third-order valence-electron chi connectivity index (χ3n) is 10.5. The summed E-state index contributed by atoms with van der Waals surface area (Å²) in [5.41, 5.74) is 12.4. The number of benzene rings is 7. The predicted octanol–water partition coefficient (Wildman–Crippen LogP) is 9.88. The van der Waals surface area contributed by atoms with Crippen LogP contribution >= 0.6 is 7.14 Å². The molecule has 230 valence electrons. The van der Waals surface area contributed by atoms with Crippen molar-refractivity contribution in [3.8, 4) is 33.5 Å². The van der Waals surface area contributed by atoms with Gasteiger partial charge in [-0.15, -0.1) is 0 Å². The fourth-order valence-electron chi connectivity index (χ4n) is 8.60. The van der Waals surface area contributed by atoms with E-state index in [1.807, 2.05) is 72.8 Å². The van der Waals surface area contributed by atoms with Crippen molar-refractivity contribution in [3.05, 3.63) is 204 Å². The molecule has 1 aromatic heterocycles. The fraction of sp³-hybridized carbons (Fsp3) is 0.0217. The molecule has 0 amide bonds. The lowest BCUT2D eigenvalue weighted by Crippen LogP contribution is -2.26. The monoisotopic (exact) mass is 643 g/mol. The molecule has 2 aliphatic rings. The van der Waals surface area contributed by atoms with Crippen LogP contribution in [0, 0.1) is 0 Å². The molecule has 0 N–H and O–H groups in total. The van der Waals surface area contributed by atoms with Crippen molar-refractivity contribution in [3.63, 3.8) is 0 Å². The molecule has 8 aromatic rings. The summed E-state index contributed by atoms with van der Waals surface area (Å²) in [5, 5.41) is 3.58. The number of aromatic nitrogens is 1. The summed E-state index contributed by atoms with van der Waals surface area (Å²) in [7, 11) is -3.20. The van der Waals surface area contributed by atoms with Crippen molar-refractivity contribution in [2.75, 3.05) is 0 Å². The minimum absolute atomic E-state index is 0.503. The summed E-state index contributed by atoms with van der Waals surface area (Å²) >= 11 is 0. The molecule has 3 heteroatoms. The highest BCUT2D eigenvalue weighted by Gasteiger charge is 2.53. The van der Waals surface area contributed by atoms with Gasteiger partial charge in [-0.1, -0.05) is 170 Å². The summed E-state index contributed by atoms with van der Waals surface area (Å²) in [6.45, 7) is 0. The van der Waals surface area contributed by atoms with Gasteiger partial charge in [0.2, 0.25) is 0 Å². The standard InChI is InChI=1S/C46H30NOP/c48-49(32-17-3-1-4-18-32,33-19-5-2-6-20-33)34-21-15-16-31(30-34)45-43-37-24-9-13-28-41(37)46(44(43)38-25-10-14-29-42(38)47-45)39-26-11-7-22-35(39)36-23-8-12-27-40(36)46/h1-30H. The summed E-state index contributed by atoms with van der Waals surface area (Å²) in [5.74, 6) is 0. The number of hydrogen-bond acceptors (Lipinski definition) is 2. The van der Waals surface area contributed by atoms with Gasteiger partial charge in [-0.25, -0.2) is 4.98 Å². The first kappa shape index (κ1) is 28.2. The first-order valence-electron chi connectivity index (χ1n) is 16.8. The fourth-order valence-corrected chi connectivity index (χ4v) is 11.3. The van der Waals surface area contributed by atoms with Gasteiger partial charge in [0.1, 0.15) is 0 Å². The van der Waals surface area contributed by atoms with E-state index in [0.717, 1.165) is 43.6 Å². The average Bonchev–Trinajstić information content (AvgIpc) is 3.66. The lowest BCUT2D eigenvalue weighted by Gasteiger charge is -2.31. The van der Waals surface area contributed by atoms with Gasteiger partial charge in [0.25, 0.3) is 0 Å². The Bertz CT molecular complexity index is 2550. The maximum atomic E-state index is 15.5. The van der Waals surface area contributed by atoms with E-state index in [4.69, 9.17) is 4.98 Å².